The lowest BCUT2D eigenvalue weighted by Crippen LogP contribution is -2.46. The van der Waals surface area contributed by atoms with Crippen molar-refractivity contribution in [1.82, 2.24) is 14.8 Å². The highest BCUT2D eigenvalue weighted by Gasteiger charge is 2.17. The molecule has 3 rings (SSSR count). The van der Waals surface area contributed by atoms with Crippen LogP contribution in [-0.4, -0.2) is 64.0 Å². The largest absolute Gasteiger partial charge is 0.355 e. The van der Waals surface area contributed by atoms with Crippen molar-refractivity contribution < 1.29 is 4.79 Å². The van der Waals surface area contributed by atoms with Gasteiger partial charge in [0.05, 0.1) is 16.0 Å². The van der Waals surface area contributed by atoms with Crippen LogP contribution in [0.3, 0.4) is 0 Å². The number of rotatable bonds is 3. The Bertz CT molecular complexity index is 677. The van der Waals surface area contributed by atoms with Gasteiger partial charge >= 0.3 is 0 Å². The van der Waals surface area contributed by atoms with Gasteiger partial charge in [-0.3, -0.25) is 4.79 Å². The van der Waals surface area contributed by atoms with Crippen molar-refractivity contribution in [2.24, 2.45) is 0 Å². The molecule has 23 heavy (non-hydrogen) atoms. The number of thioether (sulfide) groups is 1. The van der Waals surface area contributed by atoms with Gasteiger partial charge in [-0.25, -0.2) is 4.98 Å². The van der Waals surface area contributed by atoms with Crippen LogP contribution in [0.15, 0.2) is 24.3 Å². The third kappa shape index (κ3) is 4.41. The molecule has 0 unspecified atom stereocenters. The van der Waals surface area contributed by atoms with Crippen LogP contribution in [0.4, 0.5) is 5.13 Å². The van der Waals surface area contributed by atoms with Crippen molar-refractivity contribution in [1.29, 1.82) is 0 Å². The van der Waals surface area contributed by atoms with E-state index in [9.17, 15) is 4.79 Å². The lowest BCUT2D eigenvalue weighted by Gasteiger charge is -2.33. The molecule has 0 bridgehead atoms. The smallest absolute Gasteiger partial charge is 0.236 e. The number of likely N-dealkylation sites (N-methyl/N-ethyl adjacent to an activating group) is 1. The number of hydrogen-bond donors (Lipinski definition) is 1. The standard InChI is InChI=1S/C15H18N4OS3/c1-18-6-8-19(9-7-18)15(21)22-10-13(20)17-14-16-11-4-2-3-5-12(11)23-14/h2-5H,6-10H2,1H3,(H,16,17,20). The molecular formula is C15H18N4OS3. The highest BCUT2D eigenvalue weighted by molar-refractivity contribution is 8.23. The Labute approximate surface area is 149 Å². The minimum Gasteiger partial charge on any atom is -0.355 e. The van der Waals surface area contributed by atoms with Crippen molar-refractivity contribution in [2.45, 2.75) is 0 Å². The fraction of sp³-hybridized carbons (Fsp3) is 0.400. The number of piperazine rings is 1. The highest BCUT2D eigenvalue weighted by atomic mass is 32.2. The molecule has 5 nitrogen and oxygen atoms in total. The summed E-state index contributed by atoms with van der Waals surface area (Å²) in [5, 5.41) is 3.50. The lowest BCUT2D eigenvalue weighted by atomic mass is 10.3. The maximum atomic E-state index is 12.1. The lowest BCUT2D eigenvalue weighted by molar-refractivity contribution is -0.113. The molecule has 1 aliphatic heterocycles. The molecule has 1 aliphatic rings. The fourth-order valence-electron chi connectivity index (χ4n) is 2.29. The van der Waals surface area contributed by atoms with Gasteiger partial charge in [0.15, 0.2) is 5.13 Å². The first kappa shape index (κ1) is 16.6. The van der Waals surface area contributed by atoms with Crippen molar-refractivity contribution in [3.63, 3.8) is 0 Å². The van der Waals surface area contributed by atoms with Crippen molar-refractivity contribution >= 4 is 60.9 Å². The number of benzene rings is 1. The summed E-state index contributed by atoms with van der Waals surface area (Å²) in [7, 11) is 2.11. The number of carbonyl (C=O) groups is 1. The van der Waals surface area contributed by atoms with Gasteiger partial charge in [-0.2, -0.15) is 0 Å². The third-order valence-corrected chi connectivity index (χ3v) is 6.10. The Morgan fingerprint density at radius 2 is 2.09 bits per heavy atom. The van der Waals surface area contributed by atoms with E-state index in [-0.39, 0.29) is 5.91 Å². The van der Waals surface area contributed by atoms with Gasteiger partial charge < -0.3 is 15.1 Å². The molecule has 2 heterocycles. The second-order valence-corrected chi connectivity index (χ2v) is 8.02. The maximum absolute atomic E-state index is 12.1. The summed E-state index contributed by atoms with van der Waals surface area (Å²) in [6.45, 7) is 3.89. The quantitative estimate of drug-likeness (QED) is 0.843. The Balaban J connectivity index is 1.48. The van der Waals surface area contributed by atoms with E-state index >= 15 is 0 Å². The van der Waals surface area contributed by atoms with E-state index in [0.717, 1.165) is 40.7 Å². The molecule has 1 fully saturated rings. The van der Waals surface area contributed by atoms with Crippen LogP contribution in [0.25, 0.3) is 10.2 Å². The van der Waals surface area contributed by atoms with Crippen LogP contribution in [0, 0.1) is 0 Å². The normalized spacial score (nSPS) is 15.8. The van der Waals surface area contributed by atoms with E-state index in [1.54, 1.807) is 0 Å². The van der Waals surface area contributed by atoms with Crippen LogP contribution < -0.4 is 5.32 Å². The number of nitrogens with one attached hydrogen (secondary N) is 1. The van der Waals surface area contributed by atoms with Gasteiger partial charge in [-0.1, -0.05) is 47.4 Å². The summed E-state index contributed by atoms with van der Waals surface area (Å²) in [5.74, 6) is 0.256. The number of amides is 1. The average molecular weight is 367 g/mol. The molecule has 1 N–H and O–H groups in total. The van der Waals surface area contributed by atoms with Gasteiger partial charge in [-0.15, -0.1) is 0 Å². The SMILES string of the molecule is CN1CCN(C(=S)SCC(=O)Nc2nc3ccccc3s2)CC1. The number of aromatic nitrogens is 1. The number of para-hydroxylation sites is 1. The zero-order valence-electron chi connectivity index (χ0n) is 12.8. The number of hydrogen-bond acceptors (Lipinski definition) is 6. The summed E-state index contributed by atoms with van der Waals surface area (Å²) in [5.41, 5.74) is 0.911. The van der Waals surface area contributed by atoms with Gasteiger partial charge in [0.1, 0.15) is 4.32 Å². The number of anilines is 1. The van der Waals surface area contributed by atoms with Gasteiger partial charge in [0, 0.05) is 26.2 Å². The molecule has 122 valence electrons. The minimum atomic E-state index is -0.0643. The Morgan fingerprint density at radius 3 is 2.83 bits per heavy atom. The first-order chi connectivity index (χ1) is 11.1. The predicted molar refractivity (Wildman–Crippen MR) is 102 cm³/mol. The zero-order valence-corrected chi connectivity index (χ0v) is 15.3. The summed E-state index contributed by atoms with van der Waals surface area (Å²) in [6.07, 6.45) is 0. The molecule has 1 amide bonds. The van der Waals surface area contributed by atoms with E-state index in [1.165, 1.54) is 23.1 Å². The molecule has 0 atom stereocenters. The van der Waals surface area contributed by atoms with Crippen molar-refractivity contribution in [3.05, 3.63) is 24.3 Å². The second-order valence-electron chi connectivity index (χ2n) is 5.38. The number of thiazole rings is 1. The molecule has 2 aromatic rings. The van der Waals surface area contributed by atoms with Crippen LogP contribution >= 0.6 is 35.3 Å². The van der Waals surface area contributed by atoms with E-state index < -0.39 is 0 Å². The molecule has 0 spiro atoms. The Hall–Kier alpha value is -1.22. The van der Waals surface area contributed by atoms with Crippen LogP contribution in [-0.2, 0) is 4.79 Å². The molecule has 0 radical (unpaired) electrons. The molecule has 1 saturated heterocycles. The molecular weight excluding hydrogens is 348 g/mol. The predicted octanol–water partition coefficient (Wildman–Crippen LogP) is 2.50. The number of fused-ring (bicyclic) bond motifs is 1. The van der Waals surface area contributed by atoms with Crippen LogP contribution in [0.2, 0.25) is 0 Å². The molecule has 0 aliphatic carbocycles. The van der Waals surface area contributed by atoms with E-state index in [0.29, 0.717) is 10.9 Å². The Kier molecular flexibility index (Phi) is 5.47. The average Bonchev–Trinajstić information content (AvgIpc) is 2.95. The monoisotopic (exact) mass is 366 g/mol. The molecule has 0 saturated carbocycles. The van der Waals surface area contributed by atoms with Gasteiger partial charge in [0.25, 0.3) is 0 Å². The molecule has 1 aromatic heterocycles. The molecule has 8 heteroatoms. The fourth-order valence-corrected chi connectivity index (χ4v) is 4.22. The van der Waals surface area contributed by atoms with E-state index in [1.807, 2.05) is 24.3 Å². The first-order valence-corrected chi connectivity index (χ1v) is 9.58. The first-order valence-electron chi connectivity index (χ1n) is 7.37. The van der Waals surface area contributed by atoms with Crippen LogP contribution in [0.5, 0.6) is 0 Å². The number of nitrogens with zero attached hydrogens (tertiary/aromatic N) is 3. The van der Waals surface area contributed by atoms with Crippen LogP contribution in [0.1, 0.15) is 0 Å². The topological polar surface area (TPSA) is 48.5 Å². The zero-order chi connectivity index (χ0) is 16.2. The Morgan fingerprint density at radius 1 is 1.35 bits per heavy atom. The van der Waals surface area contributed by atoms with Gasteiger partial charge in [-0.05, 0) is 19.2 Å². The van der Waals surface area contributed by atoms with Gasteiger partial charge in [0.2, 0.25) is 5.91 Å². The molecule has 1 aromatic carbocycles. The summed E-state index contributed by atoms with van der Waals surface area (Å²) in [6, 6.07) is 7.85. The van der Waals surface area contributed by atoms with Crippen molar-refractivity contribution in [2.75, 3.05) is 44.3 Å². The second kappa shape index (κ2) is 7.57. The summed E-state index contributed by atoms with van der Waals surface area (Å²) in [4.78, 5) is 20.9. The van der Waals surface area contributed by atoms with Crippen molar-refractivity contribution in [3.8, 4) is 0 Å². The highest BCUT2D eigenvalue weighted by Crippen LogP contribution is 2.25. The number of thiocarbonyl (C=S) groups is 1. The van der Waals surface area contributed by atoms with E-state index in [4.69, 9.17) is 12.2 Å². The third-order valence-electron chi connectivity index (χ3n) is 3.63. The number of carbonyl (C=O) groups excluding carboxylic acids is 1. The minimum absolute atomic E-state index is 0.0643. The summed E-state index contributed by atoms with van der Waals surface area (Å²) < 4.78 is 1.88. The summed E-state index contributed by atoms with van der Waals surface area (Å²) >= 11 is 8.33. The van der Waals surface area contributed by atoms with E-state index in [2.05, 4.69) is 27.1 Å². The maximum Gasteiger partial charge on any atom is 0.236 e.